The zero-order chi connectivity index (χ0) is 23.1. The highest BCUT2D eigenvalue weighted by Gasteiger charge is 2.31. The molecule has 3 rings (SSSR count). The first-order chi connectivity index (χ1) is 15.3. The molecule has 0 bridgehead atoms. The van der Waals surface area contributed by atoms with Gasteiger partial charge in [-0.3, -0.25) is 25.2 Å². The zero-order valence-electron chi connectivity index (χ0n) is 18.6. The fourth-order valence-corrected chi connectivity index (χ4v) is 3.18. The molecule has 0 aliphatic carbocycles. The fraction of sp³-hybridized carbons (Fsp3) is 0.375. The van der Waals surface area contributed by atoms with Crippen LogP contribution in [0.15, 0.2) is 48.5 Å². The van der Waals surface area contributed by atoms with Crippen LogP contribution in [0.1, 0.15) is 44.0 Å². The van der Waals surface area contributed by atoms with Gasteiger partial charge in [0.2, 0.25) is 5.91 Å². The van der Waals surface area contributed by atoms with Crippen molar-refractivity contribution in [2.45, 2.75) is 39.7 Å². The van der Waals surface area contributed by atoms with Crippen molar-refractivity contribution in [3.8, 4) is 11.5 Å². The fourth-order valence-electron chi connectivity index (χ4n) is 3.18. The van der Waals surface area contributed by atoms with Gasteiger partial charge in [0.1, 0.15) is 11.5 Å². The van der Waals surface area contributed by atoms with E-state index >= 15 is 0 Å². The highest BCUT2D eigenvalue weighted by Crippen LogP contribution is 2.33. The van der Waals surface area contributed by atoms with Gasteiger partial charge in [0.05, 0.1) is 12.3 Å². The summed E-state index contributed by atoms with van der Waals surface area (Å²) < 4.78 is 11.2. The van der Waals surface area contributed by atoms with Gasteiger partial charge in [-0.25, -0.2) is 0 Å². The molecule has 1 atom stereocenters. The molecule has 32 heavy (non-hydrogen) atoms. The Morgan fingerprint density at radius 1 is 1.09 bits per heavy atom. The average Bonchev–Trinajstić information content (AvgIpc) is 2.78. The normalized spacial score (nSPS) is 15.1. The van der Waals surface area contributed by atoms with E-state index in [2.05, 4.69) is 24.7 Å². The number of hydrogen-bond donors (Lipinski definition) is 2. The maximum atomic E-state index is 12.5. The van der Waals surface area contributed by atoms with Crippen molar-refractivity contribution >= 4 is 23.4 Å². The number of para-hydroxylation sites is 2. The minimum Gasteiger partial charge on any atom is -0.494 e. The van der Waals surface area contributed by atoms with Crippen molar-refractivity contribution in [3.05, 3.63) is 54.1 Å². The standard InChI is InChI=1S/C24H29N3O5/c1-16(2)13-15-31-19-10-8-18(9-11-19)23(29)26-25-22(28)12-14-27-20-6-4-5-7-21(20)32-17(3)24(27)30/h4-11,16-17H,12-15H2,1-3H3,(H,25,28)(H,26,29). The van der Waals surface area contributed by atoms with Crippen LogP contribution in [0.25, 0.3) is 0 Å². The van der Waals surface area contributed by atoms with Crippen molar-refractivity contribution in [3.63, 3.8) is 0 Å². The van der Waals surface area contributed by atoms with Gasteiger partial charge >= 0.3 is 0 Å². The van der Waals surface area contributed by atoms with Gasteiger partial charge in [-0.15, -0.1) is 0 Å². The minimum absolute atomic E-state index is 0.0235. The summed E-state index contributed by atoms with van der Waals surface area (Å²) in [5, 5.41) is 0. The third-order valence-electron chi connectivity index (χ3n) is 5.03. The summed E-state index contributed by atoms with van der Waals surface area (Å²) >= 11 is 0. The molecule has 1 aliphatic rings. The van der Waals surface area contributed by atoms with Gasteiger partial charge in [0.15, 0.2) is 6.10 Å². The summed E-state index contributed by atoms with van der Waals surface area (Å²) in [7, 11) is 0. The predicted octanol–water partition coefficient (Wildman–Crippen LogP) is 3.08. The van der Waals surface area contributed by atoms with E-state index < -0.39 is 17.9 Å². The second-order valence-corrected chi connectivity index (χ2v) is 8.03. The second kappa shape index (κ2) is 10.7. The smallest absolute Gasteiger partial charge is 0.269 e. The number of hydrogen-bond acceptors (Lipinski definition) is 5. The van der Waals surface area contributed by atoms with E-state index in [0.29, 0.717) is 35.3 Å². The van der Waals surface area contributed by atoms with E-state index in [0.717, 1.165) is 6.42 Å². The average molecular weight is 440 g/mol. The van der Waals surface area contributed by atoms with Crippen LogP contribution in [0, 0.1) is 5.92 Å². The Bertz CT molecular complexity index is 958. The van der Waals surface area contributed by atoms with Crippen molar-refractivity contribution in [1.82, 2.24) is 10.9 Å². The maximum Gasteiger partial charge on any atom is 0.269 e. The molecule has 3 amide bonds. The molecule has 1 aliphatic heterocycles. The lowest BCUT2D eigenvalue weighted by molar-refractivity contribution is -0.125. The molecule has 2 aromatic rings. The number of fused-ring (bicyclic) bond motifs is 1. The molecule has 2 N–H and O–H groups in total. The Morgan fingerprint density at radius 2 is 1.81 bits per heavy atom. The van der Waals surface area contributed by atoms with E-state index in [4.69, 9.17) is 9.47 Å². The summed E-state index contributed by atoms with van der Waals surface area (Å²) in [6.07, 6.45) is 0.356. The van der Waals surface area contributed by atoms with Crippen LogP contribution in [0.5, 0.6) is 11.5 Å². The lowest BCUT2D eigenvalue weighted by Gasteiger charge is -2.32. The van der Waals surface area contributed by atoms with Crippen molar-refractivity contribution in [1.29, 1.82) is 0 Å². The number of benzene rings is 2. The molecule has 8 nitrogen and oxygen atoms in total. The Balaban J connectivity index is 1.47. The first-order valence-corrected chi connectivity index (χ1v) is 10.7. The van der Waals surface area contributed by atoms with E-state index in [-0.39, 0.29) is 18.9 Å². The molecule has 170 valence electrons. The van der Waals surface area contributed by atoms with Gasteiger partial charge < -0.3 is 14.4 Å². The third kappa shape index (κ3) is 6.00. The summed E-state index contributed by atoms with van der Waals surface area (Å²) in [6.45, 7) is 6.72. The number of ether oxygens (including phenoxy) is 2. The Labute approximate surface area is 187 Å². The summed E-state index contributed by atoms with van der Waals surface area (Å²) in [6, 6.07) is 13.9. The van der Waals surface area contributed by atoms with Crippen LogP contribution in [-0.2, 0) is 9.59 Å². The summed E-state index contributed by atoms with van der Waals surface area (Å²) in [5.41, 5.74) is 5.81. The lowest BCUT2D eigenvalue weighted by Crippen LogP contribution is -2.47. The van der Waals surface area contributed by atoms with Crippen LogP contribution in [-0.4, -0.2) is 37.0 Å². The maximum absolute atomic E-state index is 12.5. The van der Waals surface area contributed by atoms with Gasteiger partial charge in [-0.1, -0.05) is 26.0 Å². The van der Waals surface area contributed by atoms with Crippen molar-refractivity contribution in [2.75, 3.05) is 18.1 Å². The minimum atomic E-state index is -0.620. The molecule has 0 saturated carbocycles. The molecular weight excluding hydrogens is 410 g/mol. The molecule has 0 aromatic heterocycles. The van der Waals surface area contributed by atoms with Crippen molar-refractivity contribution < 1.29 is 23.9 Å². The molecule has 0 spiro atoms. The Hall–Kier alpha value is -3.55. The van der Waals surface area contributed by atoms with Crippen LogP contribution in [0.2, 0.25) is 0 Å². The molecule has 2 aromatic carbocycles. The second-order valence-electron chi connectivity index (χ2n) is 8.03. The predicted molar refractivity (Wildman–Crippen MR) is 121 cm³/mol. The van der Waals surface area contributed by atoms with Crippen LogP contribution in [0.4, 0.5) is 5.69 Å². The van der Waals surface area contributed by atoms with E-state index in [9.17, 15) is 14.4 Å². The van der Waals surface area contributed by atoms with Crippen LogP contribution < -0.4 is 25.2 Å². The van der Waals surface area contributed by atoms with E-state index in [1.165, 1.54) is 4.90 Å². The highest BCUT2D eigenvalue weighted by molar-refractivity contribution is 6.00. The van der Waals surface area contributed by atoms with Crippen LogP contribution in [0.3, 0.4) is 0 Å². The number of anilines is 1. The zero-order valence-corrected chi connectivity index (χ0v) is 18.6. The third-order valence-corrected chi connectivity index (χ3v) is 5.03. The quantitative estimate of drug-likeness (QED) is 0.616. The van der Waals surface area contributed by atoms with Gasteiger partial charge in [-0.05, 0) is 55.7 Å². The lowest BCUT2D eigenvalue weighted by atomic mass is 10.1. The van der Waals surface area contributed by atoms with Gasteiger partial charge in [-0.2, -0.15) is 0 Å². The van der Waals surface area contributed by atoms with E-state index in [1.807, 2.05) is 6.07 Å². The molecule has 0 radical (unpaired) electrons. The number of nitrogens with one attached hydrogen (secondary N) is 2. The Morgan fingerprint density at radius 3 is 2.53 bits per heavy atom. The largest absolute Gasteiger partial charge is 0.494 e. The molecule has 8 heteroatoms. The van der Waals surface area contributed by atoms with Crippen LogP contribution >= 0.6 is 0 Å². The molecular formula is C24H29N3O5. The molecule has 0 fully saturated rings. The highest BCUT2D eigenvalue weighted by atomic mass is 16.5. The summed E-state index contributed by atoms with van der Waals surface area (Å²) in [5.74, 6) is 0.796. The molecule has 1 heterocycles. The first kappa shape index (κ1) is 23.1. The number of carbonyl (C=O) groups excluding carboxylic acids is 3. The topological polar surface area (TPSA) is 97.0 Å². The summed E-state index contributed by atoms with van der Waals surface area (Å²) in [4.78, 5) is 38.5. The number of hydrazine groups is 1. The molecule has 1 unspecified atom stereocenters. The number of carbonyl (C=O) groups is 3. The number of nitrogens with zero attached hydrogens (tertiary/aromatic N) is 1. The van der Waals surface area contributed by atoms with Crippen molar-refractivity contribution in [2.24, 2.45) is 5.92 Å². The number of rotatable bonds is 8. The first-order valence-electron chi connectivity index (χ1n) is 10.7. The van der Waals surface area contributed by atoms with E-state index in [1.54, 1.807) is 49.4 Å². The van der Waals surface area contributed by atoms with Gasteiger partial charge in [0.25, 0.3) is 11.8 Å². The number of amides is 3. The monoisotopic (exact) mass is 439 g/mol. The molecule has 0 saturated heterocycles. The Kier molecular flexibility index (Phi) is 7.70. The SMILES string of the molecule is CC(C)CCOc1ccc(C(=O)NNC(=O)CCN2C(=O)C(C)Oc3ccccc32)cc1. The van der Waals surface area contributed by atoms with Gasteiger partial charge in [0, 0.05) is 18.5 Å².